The maximum atomic E-state index is 13.2. The van der Waals surface area contributed by atoms with Crippen LogP contribution >= 0.6 is 11.3 Å². The molecule has 2 aliphatic heterocycles. The number of benzene rings is 1. The van der Waals surface area contributed by atoms with E-state index in [4.69, 9.17) is 4.74 Å². The van der Waals surface area contributed by atoms with Gasteiger partial charge < -0.3 is 9.64 Å². The molecule has 28 heavy (non-hydrogen) atoms. The van der Waals surface area contributed by atoms with Crippen LogP contribution in [0.15, 0.2) is 36.5 Å². The first-order valence-electron chi connectivity index (χ1n) is 9.25. The number of ether oxygens (including phenoxy) is 1. The smallest absolute Gasteiger partial charge is 0.281 e. The lowest BCUT2D eigenvalue weighted by molar-refractivity contribution is -0.131. The third kappa shape index (κ3) is 3.22. The number of fused-ring (bicyclic) bond motifs is 3. The number of hydrogen-bond acceptors (Lipinski definition) is 6. The highest BCUT2D eigenvalue weighted by atomic mass is 32.1. The number of carbonyl (C=O) groups excluding carboxylic acids is 1. The van der Waals surface area contributed by atoms with E-state index >= 15 is 0 Å². The third-order valence-corrected chi connectivity index (χ3v) is 6.32. The summed E-state index contributed by atoms with van der Waals surface area (Å²) in [5.74, 6) is 0.464. The Morgan fingerprint density at radius 3 is 2.82 bits per heavy atom. The summed E-state index contributed by atoms with van der Waals surface area (Å²) in [5, 5.41) is 0.446. The molecule has 0 aliphatic carbocycles. The molecule has 2 bridgehead atoms. The molecule has 2 saturated heterocycles. The molecule has 0 saturated carbocycles. The molecule has 0 unspecified atom stereocenters. The largest absolute Gasteiger partial charge is 0.431 e. The fourth-order valence-electron chi connectivity index (χ4n) is 4.15. The van der Waals surface area contributed by atoms with Crippen molar-refractivity contribution < 1.29 is 13.9 Å². The van der Waals surface area contributed by atoms with E-state index < -0.39 is 5.82 Å². The van der Waals surface area contributed by atoms with Crippen molar-refractivity contribution in [2.75, 3.05) is 13.1 Å². The summed E-state index contributed by atoms with van der Waals surface area (Å²) in [7, 11) is 0. The van der Waals surface area contributed by atoms with Gasteiger partial charge in [-0.05, 0) is 24.1 Å². The lowest BCUT2D eigenvalue weighted by Gasteiger charge is -2.33. The number of rotatable bonds is 4. The molecule has 2 aromatic heterocycles. The molecule has 2 fully saturated rings. The topological polar surface area (TPSA) is 58.6 Å². The quantitative estimate of drug-likeness (QED) is 0.674. The van der Waals surface area contributed by atoms with Crippen molar-refractivity contribution in [3.8, 4) is 10.9 Å². The van der Waals surface area contributed by atoms with Crippen molar-refractivity contribution >= 4 is 27.6 Å². The maximum Gasteiger partial charge on any atom is 0.281 e. The average Bonchev–Trinajstić information content (AvgIpc) is 3.36. The number of amides is 1. The van der Waals surface area contributed by atoms with E-state index in [1.807, 2.05) is 17.0 Å². The highest BCUT2D eigenvalue weighted by Gasteiger charge is 2.43. The number of carbonyl (C=O) groups is 1. The van der Waals surface area contributed by atoms with Crippen LogP contribution in [0.5, 0.6) is 10.9 Å². The number of halogens is 1. The lowest BCUT2D eigenvalue weighted by Crippen LogP contribution is -2.47. The van der Waals surface area contributed by atoms with E-state index in [1.165, 1.54) is 29.2 Å². The van der Waals surface area contributed by atoms with Crippen molar-refractivity contribution in [1.82, 2.24) is 19.8 Å². The molecule has 2 aliphatic rings. The first kappa shape index (κ1) is 17.5. The summed E-state index contributed by atoms with van der Waals surface area (Å²) in [6.07, 6.45) is 2.26. The van der Waals surface area contributed by atoms with Crippen LogP contribution in [0.3, 0.4) is 0 Å². The molecule has 5 rings (SSSR count). The molecular formula is C20H19FN4O2S. The highest BCUT2D eigenvalue weighted by Crippen LogP contribution is 2.33. The van der Waals surface area contributed by atoms with E-state index in [0.29, 0.717) is 33.4 Å². The highest BCUT2D eigenvalue weighted by molar-refractivity contribution is 7.19. The minimum atomic E-state index is -0.407. The van der Waals surface area contributed by atoms with Gasteiger partial charge in [-0.1, -0.05) is 23.5 Å². The number of aromatic nitrogens is 2. The molecule has 2 atom stereocenters. The van der Waals surface area contributed by atoms with E-state index in [-0.39, 0.29) is 5.91 Å². The first-order valence-corrected chi connectivity index (χ1v) is 10.1. The standard InChI is InChI=1S/C20H19FN4O2S/c1-12(26)25-11-15-7-16(25)10-24(15)9-13-2-4-17(5-3-13)27-20-23-18-6-14(21)8-22-19(18)28-20/h2-6,8,15-16H,7,9-11H2,1H3/t15-,16-/m0/s1. The van der Waals surface area contributed by atoms with Gasteiger partial charge in [0, 0.05) is 44.7 Å². The maximum absolute atomic E-state index is 13.2. The molecule has 0 N–H and O–H groups in total. The number of piperazine rings is 1. The van der Waals surface area contributed by atoms with Gasteiger partial charge in [0.15, 0.2) is 0 Å². The first-order chi connectivity index (χ1) is 13.5. The predicted molar refractivity (Wildman–Crippen MR) is 104 cm³/mol. The van der Waals surface area contributed by atoms with Gasteiger partial charge in [-0.2, -0.15) is 0 Å². The molecule has 0 spiro atoms. The second kappa shape index (κ2) is 6.79. The van der Waals surface area contributed by atoms with E-state index in [0.717, 1.165) is 26.1 Å². The Bertz CT molecular complexity index is 1040. The molecule has 3 aromatic rings. The summed E-state index contributed by atoms with van der Waals surface area (Å²) in [6.45, 7) is 4.31. The SMILES string of the molecule is CC(=O)N1C[C@@H]2C[C@H]1CN2Cc1ccc(Oc2nc3cc(F)cnc3s2)cc1. The zero-order valence-corrected chi connectivity index (χ0v) is 16.2. The third-order valence-electron chi connectivity index (χ3n) is 5.47. The van der Waals surface area contributed by atoms with Gasteiger partial charge in [-0.25, -0.2) is 14.4 Å². The van der Waals surface area contributed by atoms with Crippen molar-refractivity contribution in [3.63, 3.8) is 0 Å². The second-order valence-corrected chi connectivity index (χ2v) is 8.29. The van der Waals surface area contributed by atoms with Gasteiger partial charge >= 0.3 is 0 Å². The van der Waals surface area contributed by atoms with Crippen LogP contribution < -0.4 is 4.74 Å². The molecule has 4 heterocycles. The van der Waals surface area contributed by atoms with E-state index in [2.05, 4.69) is 27.0 Å². The van der Waals surface area contributed by atoms with Crippen LogP contribution in [0, 0.1) is 5.82 Å². The number of nitrogens with zero attached hydrogens (tertiary/aromatic N) is 4. The zero-order chi connectivity index (χ0) is 19.3. The van der Waals surface area contributed by atoms with E-state index in [1.54, 1.807) is 6.92 Å². The van der Waals surface area contributed by atoms with Crippen LogP contribution in [0.25, 0.3) is 10.3 Å². The van der Waals surface area contributed by atoms with Crippen molar-refractivity contribution in [1.29, 1.82) is 0 Å². The molecule has 8 heteroatoms. The predicted octanol–water partition coefficient (Wildman–Crippen LogP) is 3.43. The van der Waals surface area contributed by atoms with Crippen molar-refractivity contribution in [2.45, 2.75) is 32.0 Å². The fraction of sp³-hybridized carbons (Fsp3) is 0.350. The van der Waals surface area contributed by atoms with Crippen LogP contribution in [-0.4, -0.2) is 50.8 Å². The van der Waals surface area contributed by atoms with Crippen LogP contribution in [0.2, 0.25) is 0 Å². The Morgan fingerprint density at radius 2 is 2.11 bits per heavy atom. The number of pyridine rings is 1. The van der Waals surface area contributed by atoms with Gasteiger partial charge in [-0.3, -0.25) is 9.69 Å². The summed E-state index contributed by atoms with van der Waals surface area (Å²) < 4.78 is 19.0. The molecule has 6 nitrogen and oxygen atoms in total. The lowest BCUT2D eigenvalue weighted by atomic mass is 10.2. The number of likely N-dealkylation sites (tertiary alicyclic amines) is 2. The monoisotopic (exact) mass is 398 g/mol. The van der Waals surface area contributed by atoms with Crippen molar-refractivity contribution in [3.05, 3.63) is 47.9 Å². The van der Waals surface area contributed by atoms with Crippen LogP contribution in [-0.2, 0) is 11.3 Å². The molecular weight excluding hydrogens is 379 g/mol. The fourth-order valence-corrected chi connectivity index (χ4v) is 4.91. The normalized spacial score (nSPS) is 21.6. The molecule has 0 radical (unpaired) electrons. The average molecular weight is 398 g/mol. The van der Waals surface area contributed by atoms with Gasteiger partial charge in [-0.15, -0.1) is 0 Å². The summed E-state index contributed by atoms with van der Waals surface area (Å²) in [4.78, 5) is 25.0. The van der Waals surface area contributed by atoms with Gasteiger partial charge in [0.25, 0.3) is 5.19 Å². The molecule has 1 aromatic carbocycles. The Balaban J connectivity index is 1.23. The second-order valence-electron chi connectivity index (χ2n) is 7.35. The van der Waals surface area contributed by atoms with Crippen LogP contribution in [0.4, 0.5) is 4.39 Å². The number of hydrogen-bond donors (Lipinski definition) is 0. The minimum absolute atomic E-state index is 0.182. The van der Waals surface area contributed by atoms with E-state index in [9.17, 15) is 9.18 Å². The van der Waals surface area contributed by atoms with Crippen LogP contribution in [0.1, 0.15) is 18.9 Å². The summed E-state index contributed by atoms with van der Waals surface area (Å²) in [5.41, 5.74) is 1.71. The number of thiazole rings is 1. The zero-order valence-electron chi connectivity index (χ0n) is 15.3. The van der Waals surface area contributed by atoms with Gasteiger partial charge in [0.05, 0.1) is 6.20 Å². The Morgan fingerprint density at radius 1 is 1.29 bits per heavy atom. The van der Waals surface area contributed by atoms with Gasteiger partial charge in [0.1, 0.15) is 21.9 Å². The summed E-state index contributed by atoms with van der Waals surface area (Å²) >= 11 is 1.29. The Kier molecular flexibility index (Phi) is 4.25. The minimum Gasteiger partial charge on any atom is -0.431 e. The molecule has 144 valence electrons. The summed E-state index contributed by atoms with van der Waals surface area (Å²) in [6, 6.07) is 10.1. The van der Waals surface area contributed by atoms with Gasteiger partial charge in [0.2, 0.25) is 5.91 Å². The van der Waals surface area contributed by atoms with Crippen molar-refractivity contribution in [2.24, 2.45) is 0 Å². The Labute approximate surface area is 165 Å². The Hall–Kier alpha value is -2.58. The molecule has 1 amide bonds.